The number of nitrogens with one attached hydrogen (secondary N) is 1. The van der Waals surface area contributed by atoms with Crippen LogP contribution >= 0.6 is 11.8 Å². The summed E-state index contributed by atoms with van der Waals surface area (Å²) in [4.78, 5) is 23.6. The van der Waals surface area contributed by atoms with Crippen molar-refractivity contribution in [1.29, 1.82) is 0 Å². The van der Waals surface area contributed by atoms with E-state index in [0.29, 0.717) is 17.8 Å². The van der Waals surface area contributed by atoms with Crippen LogP contribution < -0.4 is 5.32 Å². The predicted octanol–water partition coefficient (Wildman–Crippen LogP) is 3.07. The van der Waals surface area contributed by atoms with Crippen LogP contribution in [0.2, 0.25) is 0 Å². The molecule has 22 heavy (non-hydrogen) atoms. The lowest BCUT2D eigenvalue weighted by Crippen LogP contribution is -2.41. The highest BCUT2D eigenvalue weighted by Crippen LogP contribution is 2.24. The number of aliphatic carboxylic acids is 1. The smallest absolute Gasteiger partial charge is 0.326 e. The van der Waals surface area contributed by atoms with Gasteiger partial charge in [0.2, 0.25) is 0 Å². The minimum absolute atomic E-state index is 0.176. The van der Waals surface area contributed by atoms with Gasteiger partial charge in [0.05, 0.1) is 0 Å². The summed E-state index contributed by atoms with van der Waals surface area (Å²) in [6.45, 7) is 3.81. The van der Waals surface area contributed by atoms with E-state index >= 15 is 0 Å². The number of hydrogen-bond acceptors (Lipinski definition) is 4. The SMILES string of the molecule is CCSCCC(NC(=O)c1oc2ccccc2c1C)C(=O)O. The largest absolute Gasteiger partial charge is 0.480 e. The van der Waals surface area contributed by atoms with E-state index in [9.17, 15) is 14.7 Å². The summed E-state index contributed by atoms with van der Waals surface area (Å²) in [5.41, 5.74) is 1.35. The predicted molar refractivity (Wildman–Crippen MR) is 87.5 cm³/mol. The summed E-state index contributed by atoms with van der Waals surface area (Å²) < 4.78 is 5.56. The van der Waals surface area contributed by atoms with Crippen LogP contribution in [0.4, 0.5) is 0 Å². The third kappa shape index (κ3) is 3.62. The first-order chi connectivity index (χ1) is 10.5. The Balaban J connectivity index is 2.14. The van der Waals surface area contributed by atoms with Crippen molar-refractivity contribution >= 4 is 34.6 Å². The van der Waals surface area contributed by atoms with E-state index in [4.69, 9.17) is 4.42 Å². The van der Waals surface area contributed by atoms with Crippen molar-refractivity contribution < 1.29 is 19.1 Å². The second kappa shape index (κ2) is 7.35. The number of carboxylic acid groups (broad SMARTS) is 1. The highest BCUT2D eigenvalue weighted by Gasteiger charge is 2.24. The van der Waals surface area contributed by atoms with E-state index in [2.05, 4.69) is 5.32 Å². The van der Waals surface area contributed by atoms with E-state index in [1.54, 1.807) is 24.8 Å². The molecule has 1 aromatic heterocycles. The minimum atomic E-state index is -1.03. The van der Waals surface area contributed by atoms with Crippen LogP contribution in [0, 0.1) is 6.92 Å². The van der Waals surface area contributed by atoms with Crippen molar-refractivity contribution in [3.63, 3.8) is 0 Å². The molecule has 2 aromatic rings. The highest BCUT2D eigenvalue weighted by atomic mass is 32.2. The van der Waals surface area contributed by atoms with Gasteiger partial charge in [-0.05, 0) is 30.9 Å². The Labute approximate surface area is 133 Å². The van der Waals surface area contributed by atoms with Gasteiger partial charge in [-0.3, -0.25) is 4.79 Å². The van der Waals surface area contributed by atoms with Crippen LogP contribution in [0.25, 0.3) is 11.0 Å². The standard InChI is InChI=1S/C16H19NO4S/c1-3-22-9-8-12(16(19)20)17-15(18)14-10(2)11-6-4-5-7-13(11)21-14/h4-7,12H,3,8-9H2,1-2H3,(H,17,18)(H,19,20). The number of hydrogen-bond donors (Lipinski definition) is 2. The van der Waals surface area contributed by atoms with E-state index < -0.39 is 17.9 Å². The van der Waals surface area contributed by atoms with Crippen molar-refractivity contribution in [2.24, 2.45) is 0 Å². The van der Waals surface area contributed by atoms with Crippen molar-refractivity contribution in [3.05, 3.63) is 35.6 Å². The van der Waals surface area contributed by atoms with Crippen LogP contribution in [-0.4, -0.2) is 34.5 Å². The van der Waals surface area contributed by atoms with Gasteiger partial charge in [0.1, 0.15) is 11.6 Å². The summed E-state index contributed by atoms with van der Waals surface area (Å²) in [6, 6.07) is 6.45. The zero-order valence-electron chi connectivity index (χ0n) is 12.6. The first-order valence-corrected chi connectivity index (χ1v) is 8.29. The van der Waals surface area contributed by atoms with E-state index in [1.807, 2.05) is 25.1 Å². The Kier molecular flexibility index (Phi) is 5.49. The number of carbonyl (C=O) groups excluding carboxylic acids is 1. The summed E-state index contributed by atoms with van der Waals surface area (Å²) in [5.74, 6) is 0.271. The van der Waals surface area contributed by atoms with E-state index in [-0.39, 0.29) is 5.76 Å². The Hall–Kier alpha value is -1.95. The van der Waals surface area contributed by atoms with Crippen LogP contribution in [-0.2, 0) is 4.79 Å². The lowest BCUT2D eigenvalue weighted by molar-refractivity contribution is -0.139. The number of carbonyl (C=O) groups is 2. The maximum Gasteiger partial charge on any atom is 0.326 e. The van der Waals surface area contributed by atoms with Gasteiger partial charge in [0, 0.05) is 10.9 Å². The number of furan rings is 1. The Morgan fingerprint density at radius 3 is 2.73 bits per heavy atom. The fourth-order valence-electron chi connectivity index (χ4n) is 2.22. The Bertz CT molecular complexity index is 680. The zero-order chi connectivity index (χ0) is 16.1. The number of aryl methyl sites for hydroxylation is 1. The lowest BCUT2D eigenvalue weighted by Gasteiger charge is -2.13. The van der Waals surface area contributed by atoms with Gasteiger partial charge in [-0.25, -0.2) is 4.79 Å². The lowest BCUT2D eigenvalue weighted by atomic mass is 10.1. The maximum absolute atomic E-state index is 12.3. The molecule has 0 aliphatic heterocycles. The number of benzene rings is 1. The van der Waals surface area contributed by atoms with Gasteiger partial charge in [0.15, 0.2) is 5.76 Å². The summed E-state index contributed by atoms with van der Waals surface area (Å²) in [7, 11) is 0. The van der Waals surface area contributed by atoms with Gasteiger partial charge in [-0.1, -0.05) is 25.1 Å². The van der Waals surface area contributed by atoms with E-state index in [0.717, 1.165) is 16.7 Å². The number of fused-ring (bicyclic) bond motifs is 1. The zero-order valence-corrected chi connectivity index (χ0v) is 13.4. The van der Waals surface area contributed by atoms with Crippen molar-refractivity contribution in [3.8, 4) is 0 Å². The summed E-state index contributed by atoms with van der Waals surface area (Å²) in [6.07, 6.45) is 0.388. The Morgan fingerprint density at radius 1 is 1.36 bits per heavy atom. The molecule has 2 rings (SSSR count). The van der Waals surface area contributed by atoms with Gasteiger partial charge >= 0.3 is 5.97 Å². The normalized spacial score (nSPS) is 12.3. The minimum Gasteiger partial charge on any atom is -0.480 e. The first kappa shape index (κ1) is 16.4. The van der Waals surface area contributed by atoms with E-state index in [1.165, 1.54) is 0 Å². The quantitative estimate of drug-likeness (QED) is 0.766. The summed E-state index contributed by atoms with van der Waals surface area (Å²) >= 11 is 1.65. The molecule has 0 bridgehead atoms. The molecule has 0 spiro atoms. The average Bonchev–Trinajstić information content (AvgIpc) is 2.84. The van der Waals surface area contributed by atoms with Gasteiger partial charge in [-0.2, -0.15) is 11.8 Å². The molecule has 0 saturated carbocycles. The second-order valence-corrected chi connectivity index (χ2v) is 6.30. The molecule has 1 unspecified atom stereocenters. The van der Waals surface area contributed by atoms with Gasteiger partial charge in [0.25, 0.3) is 5.91 Å². The summed E-state index contributed by atoms with van der Waals surface area (Å²) in [5, 5.41) is 12.6. The molecule has 5 nitrogen and oxygen atoms in total. The molecule has 0 aliphatic carbocycles. The molecule has 1 amide bonds. The molecule has 2 N–H and O–H groups in total. The molecule has 6 heteroatoms. The number of carboxylic acids is 1. The molecule has 118 valence electrons. The third-order valence-corrected chi connectivity index (χ3v) is 4.34. The van der Waals surface area contributed by atoms with Crippen molar-refractivity contribution in [1.82, 2.24) is 5.32 Å². The highest BCUT2D eigenvalue weighted by molar-refractivity contribution is 7.99. The molecular formula is C16H19NO4S. The third-order valence-electron chi connectivity index (χ3n) is 3.41. The van der Waals surface area contributed by atoms with Crippen molar-refractivity contribution in [2.45, 2.75) is 26.3 Å². The molecular weight excluding hydrogens is 302 g/mol. The van der Waals surface area contributed by atoms with Gasteiger partial charge in [-0.15, -0.1) is 0 Å². The van der Waals surface area contributed by atoms with Crippen LogP contribution in [0.1, 0.15) is 29.5 Å². The number of thioether (sulfide) groups is 1. The molecule has 1 heterocycles. The molecule has 0 fully saturated rings. The average molecular weight is 321 g/mol. The molecule has 0 aliphatic rings. The first-order valence-electron chi connectivity index (χ1n) is 7.14. The van der Waals surface area contributed by atoms with Crippen LogP contribution in [0.3, 0.4) is 0 Å². The molecule has 1 aromatic carbocycles. The molecule has 0 saturated heterocycles. The second-order valence-electron chi connectivity index (χ2n) is 4.90. The number of amides is 1. The number of rotatable bonds is 7. The fourth-order valence-corrected chi connectivity index (χ4v) is 2.91. The van der Waals surface area contributed by atoms with Crippen molar-refractivity contribution in [2.75, 3.05) is 11.5 Å². The Morgan fingerprint density at radius 2 is 2.09 bits per heavy atom. The monoisotopic (exact) mass is 321 g/mol. The van der Waals surface area contributed by atoms with Gasteiger partial charge < -0.3 is 14.8 Å². The van der Waals surface area contributed by atoms with Crippen LogP contribution in [0.15, 0.2) is 28.7 Å². The van der Waals surface area contributed by atoms with Crippen LogP contribution in [0.5, 0.6) is 0 Å². The molecule has 1 atom stereocenters. The maximum atomic E-state index is 12.3. The number of para-hydroxylation sites is 1. The topological polar surface area (TPSA) is 79.5 Å². The molecule has 0 radical (unpaired) electrons. The fraction of sp³-hybridized carbons (Fsp3) is 0.375.